The summed E-state index contributed by atoms with van der Waals surface area (Å²) in [6.07, 6.45) is 5.51. The van der Waals surface area contributed by atoms with E-state index >= 15 is 0 Å². The molecule has 0 bridgehead atoms. The average molecular weight is 491 g/mol. The van der Waals surface area contributed by atoms with Gasteiger partial charge < -0.3 is 9.47 Å². The Morgan fingerprint density at radius 2 is 2.03 bits per heavy atom. The summed E-state index contributed by atoms with van der Waals surface area (Å²) in [5.74, 6) is -1.49. The standard InChI is InChI=1S/C27H24F2N4O3/c1-2-18-9-16(5-7-30-18)24-10-15(6-8-36-24)22-12-33-26(32-23-14-35-13-20(23)27(33)34)25(31-22)19-4-3-17(28)11-21(19)29/h3-5,7,9,11-12,15,24H,2,6,8,10,13-14H2,1H3. The number of rotatable bonds is 4. The fourth-order valence-electron chi connectivity index (χ4n) is 5.00. The van der Waals surface area contributed by atoms with Gasteiger partial charge in [-0.3, -0.25) is 14.2 Å². The first-order valence-electron chi connectivity index (χ1n) is 12.1. The second-order valence-electron chi connectivity index (χ2n) is 9.18. The zero-order valence-electron chi connectivity index (χ0n) is 19.7. The Labute approximate surface area is 205 Å². The zero-order valence-corrected chi connectivity index (χ0v) is 19.7. The molecule has 2 aliphatic heterocycles. The zero-order chi connectivity index (χ0) is 24.8. The highest BCUT2D eigenvalue weighted by atomic mass is 19.1. The molecular formula is C27H24F2N4O3. The van der Waals surface area contributed by atoms with Gasteiger partial charge in [0.1, 0.15) is 17.3 Å². The molecule has 2 aliphatic rings. The molecule has 1 saturated heterocycles. The number of aryl methyl sites for hydroxylation is 1. The van der Waals surface area contributed by atoms with Crippen molar-refractivity contribution in [2.45, 2.75) is 51.4 Å². The average Bonchev–Trinajstić information content (AvgIpc) is 3.38. The summed E-state index contributed by atoms with van der Waals surface area (Å²) < 4.78 is 41.6. The van der Waals surface area contributed by atoms with Crippen LogP contribution in [0.4, 0.5) is 8.78 Å². The van der Waals surface area contributed by atoms with E-state index < -0.39 is 11.6 Å². The normalized spacial score (nSPS) is 19.5. The van der Waals surface area contributed by atoms with E-state index in [0.717, 1.165) is 23.7 Å². The lowest BCUT2D eigenvalue weighted by Crippen LogP contribution is -2.24. The van der Waals surface area contributed by atoms with E-state index in [4.69, 9.17) is 14.5 Å². The van der Waals surface area contributed by atoms with Crippen molar-refractivity contribution in [3.05, 3.63) is 92.9 Å². The largest absolute Gasteiger partial charge is 0.373 e. The van der Waals surface area contributed by atoms with Crippen LogP contribution in [0.1, 0.15) is 60.0 Å². The van der Waals surface area contributed by atoms with Crippen LogP contribution in [0.5, 0.6) is 0 Å². The molecule has 2 unspecified atom stereocenters. The third-order valence-electron chi connectivity index (χ3n) is 6.96. The van der Waals surface area contributed by atoms with Crippen LogP contribution in [0.3, 0.4) is 0 Å². The van der Waals surface area contributed by atoms with Crippen molar-refractivity contribution < 1.29 is 18.3 Å². The van der Waals surface area contributed by atoms with Gasteiger partial charge >= 0.3 is 0 Å². The predicted molar refractivity (Wildman–Crippen MR) is 127 cm³/mol. The third-order valence-corrected chi connectivity index (χ3v) is 6.96. The van der Waals surface area contributed by atoms with Crippen molar-refractivity contribution in [1.82, 2.24) is 19.4 Å². The van der Waals surface area contributed by atoms with Crippen LogP contribution in [-0.2, 0) is 29.1 Å². The highest BCUT2D eigenvalue weighted by molar-refractivity contribution is 5.74. The molecule has 184 valence electrons. The molecule has 5 heterocycles. The van der Waals surface area contributed by atoms with Crippen LogP contribution in [-0.4, -0.2) is 26.0 Å². The Hall–Kier alpha value is -3.56. The molecule has 0 radical (unpaired) electrons. The maximum absolute atomic E-state index is 14.9. The number of fused-ring (bicyclic) bond motifs is 2. The first kappa shape index (κ1) is 22.9. The summed E-state index contributed by atoms with van der Waals surface area (Å²) in [6.45, 7) is 2.97. The lowest BCUT2D eigenvalue weighted by atomic mass is 9.89. The number of pyridine rings is 1. The molecule has 4 aromatic rings. The molecule has 6 rings (SSSR count). The fourth-order valence-corrected chi connectivity index (χ4v) is 5.00. The quantitative estimate of drug-likeness (QED) is 0.414. The second-order valence-corrected chi connectivity index (χ2v) is 9.18. The molecule has 0 amide bonds. The summed E-state index contributed by atoms with van der Waals surface area (Å²) in [4.78, 5) is 27.2. The van der Waals surface area contributed by atoms with Crippen LogP contribution < -0.4 is 5.56 Å². The molecule has 0 N–H and O–H groups in total. The van der Waals surface area contributed by atoms with Crippen LogP contribution in [0, 0.1) is 11.6 Å². The first-order chi connectivity index (χ1) is 17.5. The molecule has 7 nitrogen and oxygen atoms in total. The number of nitrogens with zero attached hydrogens (tertiary/aromatic N) is 4. The molecule has 3 aromatic heterocycles. The highest BCUT2D eigenvalue weighted by Crippen LogP contribution is 2.38. The third kappa shape index (κ3) is 3.98. The van der Waals surface area contributed by atoms with Crippen LogP contribution in [0.25, 0.3) is 16.9 Å². The molecule has 9 heteroatoms. The molecule has 1 fully saturated rings. The number of aromatic nitrogens is 4. The molecule has 2 atom stereocenters. The maximum Gasteiger partial charge on any atom is 0.263 e. The lowest BCUT2D eigenvalue weighted by Gasteiger charge is -2.30. The van der Waals surface area contributed by atoms with Gasteiger partial charge in [0.05, 0.1) is 36.3 Å². The van der Waals surface area contributed by atoms with Gasteiger partial charge in [0.2, 0.25) is 0 Å². The van der Waals surface area contributed by atoms with Crippen molar-refractivity contribution in [1.29, 1.82) is 0 Å². The number of ether oxygens (including phenoxy) is 2. The predicted octanol–water partition coefficient (Wildman–Crippen LogP) is 4.66. The smallest absolute Gasteiger partial charge is 0.263 e. The molecular weight excluding hydrogens is 466 g/mol. The van der Waals surface area contributed by atoms with Gasteiger partial charge in [-0.1, -0.05) is 6.92 Å². The molecule has 0 aliphatic carbocycles. The van der Waals surface area contributed by atoms with E-state index in [2.05, 4.69) is 23.0 Å². The van der Waals surface area contributed by atoms with E-state index in [-0.39, 0.29) is 47.7 Å². The minimum Gasteiger partial charge on any atom is -0.373 e. The van der Waals surface area contributed by atoms with Crippen molar-refractivity contribution in [3.8, 4) is 11.3 Å². The summed E-state index contributed by atoms with van der Waals surface area (Å²) >= 11 is 0. The van der Waals surface area contributed by atoms with Gasteiger partial charge in [0.25, 0.3) is 5.56 Å². The van der Waals surface area contributed by atoms with Crippen LogP contribution >= 0.6 is 0 Å². The Morgan fingerprint density at radius 3 is 2.86 bits per heavy atom. The Bertz CT molecular complexity index is 1540. The van der Waals surface area contributed by atoms with Crippen LogP contribution in [0.2, 0.25) is 0 Å². The van der Waals surface area contributed by atoms with Gasteiger partial charge in [0.15, 0.2) is 5.65 Å². The summed E-state index contributed by atoms with van der Waals surface area (Å²) in [7, 11) is 0. The highest BCUT2D eigenvalue weighted by Gasteiger charge is 2.29. The van der Waals surface area contributed by atoms with E-state index in [1.165, 1.54) is 16.5 Å². The van der Waals surface area contributed by atoms with Gasteiger partial charge in [-0.15, -0.1) is 0 Å². The van der Waals surface area contributed by atoms with Crippen molar-refractivity contribution in [2.75, 3.05) is 6.61 Å². The minimum absolute atomic E-state index is 0.0370. The molecule has 1 aromatic carbocycles. The topological polar surface area (TPSA) is 78.6 Å². The van der Waals surface area contributed by atoms with E-state index in [1.807, 2.05) is 6.07 Å². The minimum atomic E-state index is -0.763. The number of hydrogen-bond acceptors (Lipinski definition) is 6. The SMILES string of the molecule is CCc1cc(C2CC(c3cn4c(=O)c5c(nc4c(-c4ccc(F)cc4F)n3)COC5)CCO2)ccn1. The Kier molecular flexibility index (Phi) is 5.81. The van der Waals surface area contributed by atoms with E-state index in [9.17, 15) is 13.6 Å². The lowest BCUT2D eigenvalue weighted by molar-refractivity contribution is 0.00450. The monoisotopic (exact) mass is 490 g/mol. The molecule has 0 spiro atoms. The van der Waals surface area contributed by atoms with E-state index in [1.54, 1.807) is 12.4 Å². The van der Waals surface area contributed by atoms with Crippen molar-refractivity contribution >= 4 is 5.65 Å². The summed E-state index contributed by atoms with van der Waals surface area (Å²) in [5.41, 5.74) is 3.95. The summed E-state index contributed by atoms with van der Waals surface area (Å²) in [5, 5.41) is 0. The maximum atomic E-state index is 14.9. The Morgan fingerprint density at radius 1 is 1.14 bits per heavy atom. The second kappa shape index (κ2) is 9.15. The van der Waals surface area contributed by atoms with E-state index in [0.29, 0.717) is 36.4 Å². The number of halogens is 2. The van der Waals surface area contributed by atoms with Crippen molar-refractivity contribution in [2.24, 2.45) is 0 Å². The van der Waals surface area contributed by atoms with Gasteiger partial charge in [-0.25, -0.2) is 18.7 Å². The number of benzene rings is 1. The van der Waals surface area contributed by atoms with Crippen LogP contribution in [0.15, 0.2) is 47.5 Å². The summed E-state index contributed by atoms with van der Waals surface area (Å²) in [6, 6.07) is 7.34. The van der Waals surface area contributed by atoms with Gasteiger partial charge in [-0.2, -0.15) is 0 Å². The number of hydrogen-bond donors (Lipinski definition) is 0. The van der Waals surface area contributed by atoms with Gasteiger partial charge in [-0.05, 0) is 49.1 Å². The van der Waals surface area contributed by atoms with Gasteiger partial charge in [0, 0.05) is 42.2 Å². The van der Waals surface area contributed by atoms with Crippen molar-refractivity contribution in [3.63, 3.8) is 0 Å². The fraction of sp³-hybridized carbons (Fsp3) is 0.333. The first-order valence-corrected chi connectivity index (χ1v) is 12.1. The Balaban J connectivity index is 1.49. The molecule has 0 saturated carbocycles. The molecule has 36 heavy (non-hydrogen) atoms.